The Balaban J connectivity index is 2.39. The second-order valence-electron chi connectivity index (χ2n) is 3.67. The largest absolute Gasteiger partial charge is 0.369 e. The van der Waals surface area contributed by atoms with E-state index in [2.05, 4.69) is 26.0 Å². The molecule has 1 heterocycles. The third kappa shape index (κ3) is 4.83. The number of hydrogen-bond donors (Lipinski definition) is 5. The molecule has 0 atom stereocenters. The summed E-state index contributed by atoms with van der Waals surface area (Å²) in [4.78, 5) is 19.2. The molecular formula is C10H19N7O. The summed E-state index contributed by atoms with van der Waals surface area (Å²) in [6, 6.07) is 1.61. The van der Waals surface area contributed by atoms with Gasteiger partial charge in [0.1, 0.15) is 11.6 Å². The summed E-state index contributed by atoms with van der Waals surface area (Å²) in [6.45, 7) is 3.17. The van der Waals surface area contributed by atoms with Crippen molar-refractivity contribution in [3.05, 3.63) is 6.07 Å². The first kappa shape index (κ1) is 14.0. The van der Waals surface area contributed by atoms with Crippen molar-refractivity contribution < 1.29 is 4.79 Å². The first-order chi connectivity index (χ1) is 8.65. The van der Waals surface area contributed by atoms with E-state index in [4.69, 9.17) is 11.6 Å². The van der Waals surface area contributed by atoms with Crippen molar-refractivity contribution in [2.45, 2.75) is 19.8 Å². The molecule has 8 heteroatoms. The third-order valence-electron chi connectivity index (χ3n) is 2.12. The second kappa shape index (κ2) is 7.28. The molecular weight excluding hydrogens is 234 g/mol. The predicted octanol–water partition coefficient (Wildman–Crippen LogP) is -0.327. The lowest BCUT2D eigenvalue weighted by Gasteiger charge is -2.08. The van der Waals surface area contributed by atoms with Crippen molar-refractivity contribution in [1.82, 2.24) is 15.3 Å². The van der Waals surface area contributed by atoms with Crippen LogP contribution in [0.5, 0.6) is 0 Å². The molecule has 100 valence electrons. The van der Waals surface area contributed by atoms with Crippen LogP contribution in [0.25, 0.3) is 0 Å². The maximum Gasteiger partial charge on any atom is 0.223 e. The van der Waals surface area contributed by atoms with Crippen molar-refractivity contribution in [2.75, 3.05) is 29.6 Å². The van der Waals surface area contributed by atoms with Crippen molar-refractivity contribution in [3.63, 3.8) is 0 Å². The zero-order valence-corrected chi connectivity index (χ0v) is 10.4. The van der Waals surface area contributed by atoms with Gasteiger partial charge in [0.05, 0.1) is 0 Å². The van der Waals surface area contributed by atoms with Gasteiger partial charge in [-0.05, 0) is 6.42 Å². The van der Waals surface area contributed by atoms with Gasteiger partial charge >= 0.3 is 0 Å². The number of nitrogens with two attached hydrogens (primary N) is 2. The molecule has 0 spiro atoms. The van der Waals surface area contributed by atoms with Crippen LogP contribution in [-0.4, -0.2) is 29.0 Å². The molecule has 8 nitrogen and oxygen atoms in total. The topological polar surface area (TPSA) is 131 Å². The number of carbonyl (C=O) groups excluding carboxylic acids is 1. The Hall–Kier alpha value is -2.09. The maximum atomic E-state index is 11.3. The molecule has 1 rings (SSSR count). The van der Waals surface area contributed by atoms with E-state index in [0.717, 1.165) is 6.42 Å². The maximum absolute atomic E-state index is 11.3. The van der Waals surface area contributed by atoms with Crippen LogP contribution in [0, 0.1) is 0 Å². The van der Waals surface area contributed by atoms with Gasteiger partial charge in [-0.1, -0.05) is 6.92 Å². The summed E-state index contributed by atoms with van der Waals surface area (Å²) in [5.41, 5.74) is 7.88. The van der Waals surface area contributed by atoms with Gasteiger partial charge in [0.15, 0.2) is 0 Å². The van der Waals surface area contributed by atoms with E-state index in [9.17, 15) is 4.79 Å². The zero-order chi connectivity index (χ0) is 13.4. The Kier molecular flexibility index (Phi) is 5.65. The first-order valence-corrected chi connectivity index (χ1v) is 5.77. The molecule has 7 N–H and O–H groups in total. The quantitative estimate of drug-likeness (QED) is 0.332. The van der Waals surface area contributed by atoms with Crippen LogP contribution in [0.3, 0.4) is 0 Å². The molecule has 0 aliphatic carbocycles. The van der Waals surface area contributed by atoms with Gasteiger partial charge < -0.3 is 21.8 Å². The number of nitrogens with one attached hydrogen (secondary N) is 3. The highest BCUT2D eigenvalue weighted by Crippen LogP contribution is 2.10. The van der Waals surface area contributed by atoms with Crippen molar-refractivity contribution in [2.24, 2.45) is 5.84 Å². The molecule has 0 fully saturated rings. The summed E-state index contributed by atoms with van der Waals surface area (Å²) in [7, 11) is 0. The van der Waals surface area contributed by atoms with Crippen molar-refractivity contribution in [1.29, 1.82) is 0 Å². The fraction of sp³-hybridized carbons (Fsp3) is 0.500. The number of amides is 1. The van der Waals surface area contributed by atoms with E-state index >= 15 is 0 Å². The monoisotopic (exact) mass is 253 g/mol. The van der Waals surface area contributed by atoms with Crippen LogP contribution in [0.15, 0.2) is 6.07 Å². The number of carbonyl (C=O) groups is 1. The van der Waals surface area contributed by atoms with Gasteiger partial charge in [0.2, 0.25) is 11.9 Å². The molecule has 0 aliphatic heterocycles. The number of anilines is 3. The van der Waals surface area contributed by atoms with Gasteiger partial charge in [-0.15, -0.1) is 0 Å². The Morgan fingerprint density at radius 1 is 1.33 bits per heavy atom. The predicted molar refractivity (Wildman–Crippen MR) is 70.7 cm³/mol. The van der Waals surface area contributed by atoms with Crippen molar-refractivity contribution >= 4 is 23.5 Å². The average molecular weight is 253 g/mol. The molecule has 0 radical (unpaired) electrons. The lowest BCUT2D eigenvalue weighted by molar-refractivity contribution is -0.120. The summed E-state index contributed by atoms with van der Waals surface area (Å²) in [5.74, 6) is 6.29. The molecule has 1 aromatic heterocycles. The number of nitrogen functional groups attached to an aromatic ring is 2. The van der Waals surface area contributed by atoms with Gasteiger partial charge in [-0.2, -0.15) is 9.97 Å². The summed E-state index contributed by atoms with van der Waals surface area (Å²) < 4.78 is 0. The molecule has 1 amide bonds. The van der Waals surface area contributed by atoms with Gasteiger partial charge in [-0.3, -0.25) is 4.79 Å². The zero-order valence-electron chi connectivity index (χ0n) is 10.4. The highest BCUT2D eigenvalue weighted by atomic mass is 16.1. The number of rotatable bonds is 7. The highest BCUT2D eigenvalue weighted by Gasteiger charge is 2.03. The fourth-order valence-electron chi connectivity index (χ4n) is 1.29. The van der Waals surface area contributed by atoms with Crippen molar-refractivity contribution in [3.8, 4) is 0 Å². The number of hydrogen-bond acceptors (Lipinski definition) is 7. The smallest absolute Gasteiger partial charge is 0.223 e. The van der Waals surface area contributed by atoms with E-state index in [1.165, 1.54) is 0 Å². The summed E-state index contributed by atoms with van der Waals surface area (Å²) in [5, 5.41) is 5.76. The Morgan fingerprint density at radius 3 is 2.72 bits per heavy atom. The normalized spacial score (nSPS) is 9.89. The van der Waals surface area contributed by atoms with Gasteiger partial charge in [0, 0.05) is 25.6 Å². The molecule has 0 aliphatic rings. The molecule has 18 heavy (non-hydrogen) atoms. The van der Waals surface area contributed by atoms with Gasteiger partial charge in [0.25, 0.3) is 0 Å². The van der Waals surface area contributed by atoms with Gasteiger partial charge in [-0.25, -0.2) is 5.84 Å². The molecule has 0 saturated heterocycles. The van der Waals surface area contributed by atoms with E-state index in [-0.39, 0.29) is 11.9 Å². The second-order valence-corrected chi connectivity index (χ2v) is 3.67. The standard InChI is InChI=1S/C10H19N7O/c1-2-4-14-9(18)3-5-13-7-6-8(17-12)16-10(11)15-7/h6H,2-5,12H2,1H3,(H,14,18)(H4,11,13,15,16,17). The van der Waals surface area contributed by atoms with Crippen LogP contribution in [-0.2, 0) is 4.79 Å². The lowest BCUT2D eigenvalue weighted by Crippen LogP contribution is -2.26. The Morgan fingerprint density at radius 2 is 2.06 bits per heavy atom. The molecule has 1 aromatic rings. The van der Waals surface area contributed by atoms with Crippen LogP contribution < -0.4 is 27.6 Å². The van der Waals surface area contributed by atoms with Crippen LogP contribution >= 0.6 is 0 Å². The molecule has 0 aromatic carbocycles. The number of aromatic nitrogens is 2. The summed E-state index contributed by atoms with van der Waals surface area (Å²) in [6.07, 6.45) is 1.29. The highest BCUT2D eigenvalue weighted by molar-refractivity contribution is 5.76. The van der Waals surface area contributed by atoms with Crippen LogP contribution in [0.2, 0.25) is 0 Å². The first-order valence-electron chi connectivity index (χ1n) is 5.77. The van der Waals surface area contributed by atoms with E-state index in [1.54, 1.807) is 6.07 Å². The lowest BCUT2D eigenvalue weighted by atomic mass is 10.3. The molecule has 0 unspecified atom stereocenters. The Bertz CT molecular complexity index is 396. The third-order valence-corrected chi connectivity index (χ3v) is 2.12. The van der Waals surface area contributed by atoms with E-state index in [0.29, 0.717) is 31.1 Å². The Labute approximate surface area is 106 Å². The number of nitrogens with zero attached hydrogens (tertiary/aromatic N) is 2. The number of hydrazine groups is 1. The van der Waals surface area contributed by atoms with E-state index in [1.807, 2.05) is 6.92 Å². The molecule has 0 bridgehead atoms. The van der Waals surface area contributed by atoms with Crippen LogP contribution in [0.4, 0.5) is 17.6 Å². The minimum absolute atomic E-state index is 0.00329. The van der Waals surface area contributed by atoms with E-state index < -0.39 is 0 Å². The summed E-state index contributed by atoms with van der Waals surface area (Å²) >= 11 is 0. The minimum Gasteiger partial charge on any atom is -0.369 e. The molecule has 0 saturated carbocycles. The average Bonchev–Trinajstić information content (AvgIpc) is 2.35. The SMILES string of the molecule is CCCNC(=O)CCNc1cc(NN)nc(N)n1. The fourth-order valence-corrected chi connectivity index (χ4v) is 1.29. The minimum atomic E-state index is 0.00329. The van der Waals surface area contributed by atoms with Crippen LogP contribution in [0.1, 0.15) is 19.8 Å².